The van der Waals surface area contributed by atoms with E-state index in [0.29, 0.717) is 11.4 Å². The Morgan fingerprint density at radius 2 is 2.06 bits per heavy atom. The minimum absolute atomic E-state index is 0.207. The van der Waals surface area contributed by atoms with Gasteiger partial charge in [0.25, 0.3) is 0 Å². The molecule has 0 saturated carbocycles. The second-order valence-electron chi connectivity index (χ2n) is 3.52. The lowest BCUT2D eigenvalue weighted by atomic mass is 10.0. The van der Waals surface area contributed by atoms with Gasteiger partial charge in [-0.1, -0.05) is 18.7 Å². The molecular weight excluding hydrogens is 217 g/mol. The van der Waals surface area contributed by atoms with E-state index in [1.807, 2.05) is 0 Å². The predicted octanol–water partition coefficient (Wildman–Crippen LogP) is 3.03. The number of alkyl halides is 3. The first-order chi connectivity index (χ1) is 7.46. The highest BCUT2D eigenvalue weighted by atomic mass is 19.4. The Morgan fingerprint density at radius 1 is 1.31 bits per heavy atom. The van der Waals surface area contributed by atoms with Crippen molar-refractivity contribution in [3.63, 3.8) is 0 Å². The number of aliphatic imine (C=N–C) groups is 1. The van der Waals surface area contributed by atoms with E-state index in [-0.39, 0.29) is 5.56 Å². The highest BCUT2D eigenvalue weighted by molar-refractivity contribution is 5.86. The number of rotatable bonds is 1. The van der Waals surface area contributed by atoms with Gasteiger partial charge < -0.3 is 5.32 Å². The minimum atomic E-state index is -4.19. The number of nitrogens with zero attached hydrogens (tertiary/aromatic N) is 1. The van der Waals surface area contributed by atoms with Crippen LogP contribution in [0.4, 0.5) is 18.9 Å². The summed E-state index contributed by atoms with van der Waals surface area (Å²) in [5, 5.41) is 2.80. The Bertz CT molecular complexity index is 461. The van der Waals surface area contributed by atoms with Crippen molar-refractivity contribution in [1.82, 2.24) is 5.32 Å². The van der Waals surface area contributed by atoms with Crippen LogP contribution in [0.1, 0.15) is 11.1 Å². The monoisotopic (exact) mass is 226 g/mol. The smallest absolute Gasteiger partial charge is 0.346 e. The van der Waals surface area contributed by atoms with E-state index < -0.39 is 12.6 Å². The molecule has 0 fully saturated rings. The molecule has 1 aromatic rings. The highest BCUT2D eigenvalue weighted by Crippen LogP contribution is 2.30. The summed E-state index contributed by atoms with van der Waals surface area (Å²) >= 11 is 0. The molecule has 0 radical (unpaired) electrons. The third kappa shape index (κ3) is 2.24. The first-order valence-electron chi connectivity index (χ1n) is 4.64. The van der Waals surface area contributed by atoms with Gasteiger partial charge in [0.15, 0.2) is 0 Å². The molecule has 0 bridgehead atoms. The Morgan fingerprint density at radius 3 is 2.75 bits per heavy atom. The molecule has 1 aliphatic heterocycles. The molecule has 0 aliphatic carbocycles. The van der Waals surface area contributed by atoms with Crippen LogP contribution in [0.5, 0.6) is 0 Å². The average molecular weight is 226 g/mol. The van der Waals surface area contributed by atoms with Gasteiger partial charge in [-0.2, -0.15) is 13.2 Å². The SMILES string of the molecule is C=C1NC=Nc2cc(CC(F)(F)F)ccc21. The summed E-state index contributed by atoms with van der Waals surface area (Å²) in [6.07, 6.45) is -3.71. The fourth-order valence-electron chi connectivity index (χ4n) is 1.54. The number of halogens is 3. The van der Waals surface area contributed by atoms with Gasteiger partial charge in [-0.25, -0.2) is 4.99 Å². The molecular formula is C11H9F3N2. The van der Waals surface area contributed by atoms with Crippen molar-refractivity contribution in [2.24, 2.45) is 4.99 Å². The summed E-state index contributed by atoms with van der Waals surface area (Å²) in [6.45, 7) is 3.74. The topological polar surface area (TPSA) is 24.4 Å². The fourth-order valence-corrected chi connectivity index (χ4v) is 1.54. The molecule has 0 unspecified atom stereocenters. The third-order valence-electron chi connectivity index (χ3n) is 2.23. The molecule has 2 rings (SSSR count). The van der Waals surface area contributed by atoms with Crippen molar-refractivity contribution in [2.75, 3.05) is 0 Å². The van der Waals surface area contributed by atoms with Crippen molar-refractivity contribution in [1.29, 1.82) is 0 Å². The Hall–Kier alpha value is -1.78. The van der Waals surface area contributed by atoms with Crippen LogP contribution in [0.2, 0.25) is 0 Å². The zero-order chi connectivity index (χ0) is 11.8. The first kappa shape index (κ1) is 10.7. The van der Waals surface area contributed by atoms with Crippen LogP contribution in [0, 0.1) is 0 Å². The molecule has 1 aromatic carbocycles. The summed E-state index contributed by atoms with van der Waals surface area (Å²) in [4.78, 5) is 3.97. The molecule has 16 heavy (non-hydrogen) atoms. The maximum atomic E-state index is 12.2. The normalized spacial score (nSPS) is 14.6. The summed E-state index contributed by atoms with van der Waals surface area (Å²) < 4.78 is 36.5. The molecule has 0 spiro atoms. The number of hydrogen-bond donors (Lipinski definition) is 1. The lowest BCUT2D eigenvalue weighted by Gasteiger charge is -2.15. The number of nitrogens with one attached hydrogen (secondary N) is 1. The van der Waals surface area contributed by atoms with Gasteiger partial charge in [-0.05, 0) is 11.6 Å². The van der Waals surface area contributed by atoms with Crippen LogP contribution in [0.15, 0.2) is 29.8 Å². The molecule has 0 aromatic heterocycles. The van der Waals surface area contributed by atoms with Gasteiger partial charge in [-0.15, -0.1) is 0 Å². The van der Waals surface area contributed by atoms with Gasteiger partial charge >= 0.3 is 6.18 Å². The van der Waals surface area contributed by atoms with Crippen molar-refractivity contribution in [2.45, 2.75) is 12.6 Å². The third-order valence-corrected chi connectivity index (χ3v) is 2.23. The quantitative estimate of drug-likeness (QED) is 0.782. The number of benzene rings is 1. The largest absolute Gasteiger partial charge is 0.393 e. The van der Waals surface area contributed by atoms with Crippen molar-refractivity contribution in [3.8, 4) is 0 Å². The second-order valence-corrected chi connectivity index (χ2v) is 3.52. The molecule has 0 atom stereocenters. The van der Waals surface area contributed by atoms with E-state index in [1.165, 1.54) is 18.5 Å². The Balaban J connectivity index is 2.34. The zero-order valence-electron chi connectivity index (χ0n) is 8.30. The van der Waals surface area contributed by atoms with Crippen molar-refractivity contribution in [3.05, 3.63) is 35.9 Å². The summed E-state index contributed by atoms with van der Waals surface area (Å²) in [6, 6.07) is 4.48. The molecule has 5 heteroatoms. The van der Waals surface area contributed by atoms with Gasteiger partial charge in [0.05, 0.1) is 18.4 Å². The van der Waals surface area contributed by atoms with E-state index >= 15 is 0 Å². The fraction of sp³-hybridized carbons (Fsp3) is 0.182. The van der Waals surface area contributed by atoms with Gasteiger partial charge in [0, 0.05) is 11.3 Å². The minimum Gasteiger partial charge on any atom is -0.346 e. The average Bonchev–Trinajstić information content (AvgIpc) is 2.15. The number of hydrogen-bond acceptors (Lipinski definition) is 2. The summed E-state index contributed by atoms with van der Waals surface area (Å²) in [7, 11) is 0. The van der Waals surface area contributed by atoms with E-state index in [2.05, 4.69) is 16.9 Å². The van der Waals surface area contributed by atoms with Crippen LogP contribution >= 0.6 is 0 Å². The highest BCUT2D eigenvalue weighted by Gasteiger charge is 2.28. The predicted molar refractivity (Wildman–Crippen MR) is 56.5 cm³/mol. The summed E-state index contributed by atoms with van der Waals surface area (Å²) in [5.41, 5.74) is 2.10. The molecule has 1 aliphatic rings. The standard InChI is InChI=1S/C11H9F3N2/c1-7-9-3-2-8(5-11(12,13)14)4-10(9)16-6-15-7/h2-4,6H,1,5H2,(H,15,16). The first-order valence-corrected chi connectivity index (χ1v) is 4.64. The van der Waals surface area contributed by atoms with E-state index in [4.69, 9.17) is 0 Å². The lowest BCUT2D eigenvalue weighted by Crippen LogP contribution is -2.14. The van der Waals surface area contributed by atoms with Crippen LogP contribution in [-0.4, -0.2) is 12.5 Å². The zero-order valence-corrected chi connectivity index (χ0v) is 8.30. The molecule has 0 saturated heterocycles. The molecule has 1 heterocycles. The molecule has 84 valence electrons. The second kappa shape index (κ2) is 3.66. The van der Waals surface area contributed by atoms with Crippen LogP contribution in [0.25, 0.3) is 5.70 Å². The maximum absolute atomic E-state index is 12.2. The van der Waals surface area contributed by atoms with Crippen molar-refractivity contribution < 1.29 is 13.2 Å². The van der Waals surface area contributed by atoms with Crippen LogP contribution in [-0.2, 0) is 6.42 Å². The molecule has 0 amide bonds. The Labute approximate surface area is 90.5 Å². The van der Waals surface area contributed by atoms with E-state index in [9.17, 15) is 13.2 Å². The lowest BCUT2D eigenvalue weighted by molar-refractivity contribution is -0.127. The Kier molecular flexibility index (Phi) is 2.46. The molecule has 2 nitrogen and oxygen atoms in total. The van der Waals surface area contributed by atoms with Gasteiger partial charge in [0.2, 0.25) is 0 Å². The molecule has 1 N–H and O–H groups in total. The maximum Gasteiger partial charge on any atom is 0.393 e. The van der Waals surface area contributed by atoms with Crippen molar-refractivity contribution >= 4 is 17.7 Å². The van der Waals surface area contributed by atoms with Gasteiger partial charge in [0.1, 0.15) is 0 Å². The van der Waals surface area contributed by atoms with E-state index in [0.717, 1.165) is 5.56 Å². The summed E-state index contributed by atoms with van der Waals surface area (Å²) in [5.74, 6) is 0. The number of fused-ring (bicyclic) bond motifs is 1. The van der Waals surface area contributed by atoms with E-state index in [1.54, 1.807) is 6.07 Å². The van der Waals surface area contributed by atoms with Crippen LogP contribution < -0.4 is 5.32 Å². The van der Waals surface area contributed by atoms with Crippen LogP contribution in [0.3, 0.4) is 0 Å². The van der Waals surface area contributed by atoms with Gasteiger partial charge in [-0.3, -0.25) is 0 Å².